The van der Waals surface area contributed by atoms with Crippen molar-refractivity contribution in [2.24, 2.45) is 11.8 Å². The maximum Gasteiger partial charge on any atom is 0.267 e. The molecular formula is C24H31F2NO4S. The van der Waals surface area contributed by atoms with E-state index in [4.69, 9.17) is 9.47 Å². The monoisotopic (exact) mass is 467 g/mol. The topological polar surface area (TPSA) is 55.8 Å². The van der Waals surface area contributed by atoms with E-state index >= 15 is 4.39 Å². The second-order valence-corrected chi connectivity index (χ2v) is 10.6. The Kier molecular flexibility index (Phi) is 7.77. The van der Waals surface area contributed by atoms with Crippen LogP contribution in [0.4, 0.5) is 14.5 Å². The van der Waals surface area contributed by atoms with Gasteiger partial charge in [-0.15, -0.1) is 0 Å². The number of halogens is 2. The molecule has 1 aliphatic heterocycles. The third-order valence-electron chi connectivity index (χ3n) is 5.55. The summed E-state index contributed by atoms with van der Waals surface area (Å²) in [5, 5.41) is 0. The van der Waals surface area contributed by atoms with Crippen LogP contribution in [-0.2, 0) is 14.8 Å². The molecule has 0 unspecified atom stereocenters. The molecule has 0 bridgehead atoms. The Morgan fingerprint density at radius 3 is 2.41 bits per heavy atom. The SMILES string of the molecule is Cc1ccc(N(CC(C)C)S(=O)(=O)c2ccc(OCC3CCOCC3)c(F)c2F)c(C)c1. The van der Waals surface area contributed by atoms with Gasteiger partial charge in [0.15, 0.2) is 11.6 Å². The standard InChI is InChI=1S/C24H31F2NO4S/c1-16(2)14-27(20-6-5-17(3)13-18(20)4)32(28,29)22-8-7-21(23(25)24(22)26)31-15-19-9-11-30-12-10-19/h5-8,13,16,19H,9-12,14-15H2,1-4H3. The maximum atomic E-state index is 15.0. The summed E-state index contributed by atoms with van der Waals surface area (Å²) in [7, 11) is -4.34. The van der Waals surface area contributed by atoms with Crippen molar-refractivity contribution in [3.8, 4) is 5.75 Å². The fourth-order valence-corrected chi connectivity index (χ4v) is 5.56. The summed E-state index contributed by atoms with van der Waals surface area (Å²) in [5.41, 5.74) is 2.17. The average Bonchev–Trinajstić information content (AvgIpc) is 2.74. The first-order valence-electron chi connectivity index (χ1n) is 10.9. The maximum absolute atomic E-state index is 15.0. The predicted molar refractivity (Wildman–Crippen MR) is 121 cm³/mol. The largest absolute Gasteiger partial charge is 0.490 e. The third-order valence-corrected chi connectivity index (χ3v) is 7.34. The molecule has 0 atom stereocenters. The fraction of sp³-hybridized carbons (Fsp3) is 0.500. The van der Waals surface area contributed by atoms with Gasteiger partial charge in [0, 0.05) is 19.8 Å². The van der Waals surface area contributed by atoms with E-state index in [1.165, 1.54) is 6.07 Å². The summed E-state index contributed by atoms with van der Waals surface area (Å²) in [6, 6.07) is 7.64. The van der Waals surface area contributed by atoms with Crippen molar-refractivity contribution < 1.29 is 26.7 Å². The van der Waals surface area contributed by atoms with Crippen molar-refractivity contribution in [3.63, 3.8) is 0 Å². The lowest BCUT2D eigenvalue weighted by molar-refractivity contribution is 0.0490. The molecule has 0 aliphatic carbocycles. The van der Waals surface area contributed by atoms with E-state index in [0.717, 1.165) is 34.3 Å². The lowest BCUT2D eigenvalue weighted by Gasteiger charge is -2.28. The van der Waals surface area contributed by atoms with Crippen molar-refractivity contribution >= 4 is 15.7 Å². The van der Waals surface area contributed by atoms with Gasteiger partial charge in [-0.2, -0.15) is 4.39 Å². The predicted octanol–water partition coefficient (Wildman–Crippen LogP) is 5.24. The van der Waals surface area contributed by atoms with Crippen LogP contribution in [0.3, 0.4) is 0 Å². The first-order valence-corrected chi connectivity index (χ1v) is 12.3. The molecule has 1 heterocycles. The first-order chi connectivity index (χ1) is 15.1. The first kappa shape index (κ1) is 24.5. The number of benzene rings is 2. The molecule has 0 spiro atoms. The molecule has 5 nitrogen and oxygen atoms in total. The summed E-state index contributed by atoms with van der Waals surface area (Å²) in [6.07, 6.45) is 1.58. The summed E-state index contributed by atoms with van der Waals surface area (Å²) in [5.74, 6) is -2.83. The van der Waals surface area contributed by atoms with E-state index in [1.807, 2.05) is 26.8 Å². The Morgan fingerprint density at radius 1 is 1.09 bits per heavy atom. The highest BCUT2D eigenvalue weighted by atomic mass is 32.2. The molecule has 0 aromatic heterocycles. The van der Waals surface area contributed by atoms with Gasteiger partial charge in [-0.05, 0) is 62.3 Å². The molecule has 176 valence electrons. The highest BCUT2D eigenvalue weighted by Crippen LogP contribution is 2.33. The highest BCUT2D eigenvalue weighted by molar-refractivity contribution is 7.92. The molecule has 32 heavy (non-hydrogen) atoms. The Bertz CT molecular complexity index is 1050. The Morgan fingerprint density at radius 2 is 1.78 bits per heavy atom. The van der Waals surface area contributed by atoms with Crippen LogP contribution in [0.1, 0.15) is 37.8 Å². The van der Waals surface area contributed by atoms with E-state index < -0.39 is 26.6 Å². The second kappa shape index (κ2) is 10.2. The number of sulfonamides is 1. The third kappa shape index (κ3) is 5.41. The lowest BCUT2D eigenvalue weighted by atomic mass is 10.0. The smallest absolute Gasteiger partial charge is 0.267 e. The molecule has 2 aromatic carbocycles. The number of anilines is 1. The zero-order chi connectivity index (χ0) is 23.5. The van der Waals surface area contributed by atoms with Gasteiger partial charge in [0.05, 0.1) is 12.3 Å². The van der Waals surface area contributed by atoms with Crippen LogP contribution in [0.5, 0.6) is 5.75 Å². The molecule has 2 aromatic rings. The minimum absolute atomic E-state index is 0.0273. The van der Waals surface area contributed by atoms with Crippen LogP contribution in [-0.4, -0.2) is 34.8 Å². The minimum Gasteiger partial charge on any atom is -0.490 e. The van der Waals surface area contributed by atoms with Crippen LogP contribution in [0.25, 0.3) is 0 Å². The van der Waals surface area contributed by atoms with Crippen LogP contribution in [0, 0.1) is 37.3 Å². The Hall–Kier alpha value is -2.19. The molecule has 1 aliphatic rings. The average molecular weight is 468 g/mol. The number of nitrogens with zero attached hydrogens (tertiary/aromatic N) is 1. The molecule has 1 saturated heterocycles. The molecule has 0 N–H and O–H groups in total. The van der Waals surface area contributed by atoms with Crippen LogP contribution in [0.2, 0.25) is 0 Å². The molecule has 1 fully saturated rings. The lowest BCUT2D eigenvalue weighted by Crippen LogP contribution is -2.35. The van der Waals surface area contributed by atoms with E-state index in [0.29, 0.717) is 18.9 Å². The van der Waals surface area contributed by atoms with Gasteiger partial charge in [0.1, 0.15) is 4.90 Å². The molecule has 8 heteroatoms. The van der Waals surface area contributed by atoms with Gasteiger partial charge in [-0.25, -0.2) is 12.8 Å². The minimum atomic E-state index is -4.34. The molecule has 0 saturated carbocycles. The zero-order valence-electron chi connectivity index (χ0n) is 19.0. The molecule has 0 amide bonds. The van der Waals surface area contributed by atoms with Gasteiger partial charge >= 0.3 is 0 Å². The Labute approximate surface area is 189 Å². The molecule has 0 radical (unpaired) electrons. The van der Waals surface area contributed by atoms with E-state index in [-0.39, 0.29) is 30.7 Å². The van der Waals surface area contributed by atoms with Gasteiger partial charge in [0.25, 0.3) is 10.0 Å². The van der Waals surface area contributed by atoms with Gasteiger partial charge in [-0.3, -0.25) is 4.31 Å². The molecular weight excluding hydrogens is 436 g/mol. The van der Waals surface area contributed by atoms with Crippen LogP contribution < -0.4 is 9.04 Å². The van der Waals surface area contributed by atoms with E-state index in [9.17, 15) is 12.8 Å². The van der Waals surface area contributed by atoms with Crippen molar-refractivity contribution in [1.29, 1.82) is 0 Å². The number of hydrogen-bond donors (Lipinski definition) is 0. The number of rotatable bonds is 8. The van der Waals surface area contributed by atoms with E-state index in [1.54, 1.807) is 19.1 Å². The normalized spacial score (nSPS) is 15.2. The zero-order valence-corrected chi connectivity index (χ0v) is 19.8. The number of hydrogen-bond acceptors (Lipinski definition) is 4. The van der Waals surface area contributed by atoms with Gasteiger partial charge in [0.2, 0.25) is 5.82 Å². The van der Waals surface area contributed by atoms with Crippen molar-refractivity contribution in [2.45, 2.75) is 45.4 Å². The Balaban J connectivity index is 1.93. The van der Waals surface area contributed by atoms with Crippen molar-refractivity contribution in [2.75, 3.05) is 30.7 Å². The summed E-state index contributed by atoms with van der Waals surface area (Å²) in [4.78, 5) is -0.700. The van der Waals surface area contributed by atoms with Crippen LogP contribution in [0.15, 0.2) is 35.2 Å². The second-order valence-electron chi connectivity index (χ2n) is 8.78. The van der Waals surface area contributed by atoms with E-state index in [2.05, 4.69) is 0 Å². The fourth-order valence-electron chi connectivity index (χ4n) is 3.81. The highest BCUT2D eigenvalue weighted by Gasteiger charge is 2.32. The molecule has 3 rings (SSSR count). The quantitative estimate of drug-likeness (QED) is 0.533. The van der Waals surface area contributed by atoms with Crippen LogP contribution >= 0.6 is 0 Å². The summed E-state index contributed by atoms with van der Waals surface area (Å²) < 4.78 is 68.7. The number of ether oxygens (including phenoxy) is 2. The summed E-state index contributed by atoms with van der Waals surface area (Å²) >= 11 is 0. The van der Waals surface area contributed by atoms with Crippen molar-refractivity contribution in [1.82, 2.24) is 0 Å². The van der Waals surface area contributed by atoms with Gasteiger partial charge < -0.3 is 9.47 Å². The summed E-state index contributed by atoms with van der Waals surface area (Å²) in [6.45, 7) is 9.05. The van der Waals surface area contributed by atoms with Gasteiger partial charge in [-0.1, -0.05) is 31.5 Å². The van der Waals surface area contributed by atoms with Crippen molar-refractivity contribution in [3.05, 3.63) is 53.1 Å². The number of aryl methyl sites for hydroxylation is 2.